The molecule has 0 aliphatic carbocycles. The number of rotatable bonds is 7. The second-order valence-corrected chi connectivity index (χ2v) is 10.1. The molecule has 0 spiro atoms. The molecular weight excluding hydrogens is 500 g/mol. The number of allylic oxidation sites excluding steroid dienone is 1. The highest BCUT2D eigenvalue weighted by Crippen LogP contribution is 2.25. The van der Waals surface area contributed by atoms with Gasteiger partial charge in [-0.25, -0.2) is 4.98 Å². The van der Waals surface area contributed by atoms with Gasteiger partial charge in [-0.3, -0.25) is 24.5 Å². The summed E-state index contributed by atoms with van der Waals surface area (Å²) in [5.74, 6) is -0.417. The molecule has 40 heavy (non-hydrogen) atoms. The monoisotopic (exact) mass is 530 g/mol. The minimum Gasteiger partial charge on any atom is -0.404 e. The maximum atomic E-state index is 12.7. The third-order valence-corrected chi connectivity index (χ3v) is 7.59. The van der Waals surface area contributed by atoms with Gasteiger partial charge in [0.2, 0.25) is 0 Å². The van der Waals surface area contributed by atoms with Crippen LogP contribution >= 0.6 is 0 Å². The second kappa shape index (κ2) is 11.1. The lowest BCUT2D eigenvalue weighted by atomic mass is 10.0. The number of piperidine rings is 1. The normalized spacial score (nSPS) is 16.4. The summed E-state index contributed by atoms with van der Waals surface area (Å²) in [7, 11) is 0. The Hall–Kier alpha value is -4.85. The summed E-state index contributed by atoms with van der Waals surface area (Å²) in [4.78, 5) is 43.1. The third kappa shape index (κ3) is 5.08. The number of hydrogen-bond donors (Lipinski definition) is 1. The highest BCUT2D eigenvalue weighted by atomic mass is 16.2. The number of benzene rings is 3. The number of hydrogen-bond acceptors (Lipinski definition) is 7. The van der Waals surface area contributed by atoms with Crippen LogP contribution in [0, 0.1) is 0 Å². The summed E-state index contributed by atoms with van der Waals surface area (Å²) in [6.07, 6.45) is 7.56. The largest absolute Gasteiger partial charge is 0.404 e. The number of fused-ring (bicyclic) bond motifs is 2. The zero-order valence-corrected chi connectivity index (χ0v) is 22.1. The average molecular weight is 531 g/mol. The molecule has 8 nitrogen and oxygen atoms in total. The van der Waals surface area contributed by atoms with Crippen LogP contribution in [-0.2, 0) is 6.42 Å². The first-order valence-corrected chi connectivity index (χ1v) is 13.6. The van der Waals surface area contributed by atoms with E-state index in [1.807, 2.05) is 36.5 Å². The molecule has 6 rings (SSSR count). The van der Waals surface area contributed by atoms with Crippen LogP contribution in [0.2, 0.25) is 0 Å². The van der Waals surface area contributed by atoms with E-state index in [0.29, 0.717) is 29.8 Å². The molecule has 4 aromatic rings. The van der Waals surface area contributed by atoms with Crippen molar-refractivity contribution in [3.05, 3.63) is 108 Å². The quantitative estimate of drug-likeness (QED) is 0.279. The SMILES string of the molecule is NC=C(C=NC1CCN(c2cccc(CCN3C(=O)c4ccccc4C3=O)c2)CC1)c1cnc2ccccc2n1. The van der Waals surface area contributed by atoms with E-state index in [0.717, 1.165) is 53.8 Å². The Morgan fingerprint density at radius 3 is 2.35 bits per heavy atom. The van der Waals surface area contributed by atoms with E-state index in [1.165, 1.54) is 11.1 Å². The van der Waals surface area contributed by atoms with Gasteiger partial charge in [-0.05, 0) is 61.2 Å². The number of imide groups is 1. The predicted octanol–water partition coefficient (Wildman–Crippen LogP) is 4.51. The average Bonchev–Trinajstić information content (AvgIpc) is 3.25. The molecule has 0 unspecified atom stereocenters. The number of aliphatic imine (C=N–C) groups is 1. The van der Waals surface area contributed by atoms with Gasteiger partial charge in [0.15, 0.2) is 0 Å². The molecule has 200 valence electrons. The highest BCUT2D eigenvalue weighted by Gasteiger charge is 2.34. The first-order valence-electron chi connectivity index (χ1n) is 13.6. The van der Waals surface area contributed by atoms with Gasteiger partial charge in [-0.15, -0.1) is 0 Å². The zero-order chi connectivity index (χ0) is 27.5. The van der Waals surface area contributed by atoms with Crippen LogP contribution in [0.4, 0.5) is 5.69 Å². The Balaban J connectivity index is 1.05. The Bertz CT molecular complexity index is 1600. The van der Waals surface area contributed by atoms with Gasteiger partial charge in [0.05, 0.1) is 40.1 Å². The lowest BCUT2D eigenvalue weighted by Crippen LogP contribution is -2.35. The number of para-hydroxylation sites is 2. The maximum Gasteiger partial charge on any atom is 0.261 e. The van der Waals surface area contributed by atoms with E-state index in [-0.39, 0.29) is 17.9 Å². The Morgan fingerprint density at radius 1 is 0.925 bits per heavy atom. The molecule has 0 radical (unpaired) electrons. The van der Waals surface area contributed by atoms with E-state index in [4.69, 9.17) is 10.7 Å². The Labute approximate surface area is 232 Å². The van der Waals surface area contributed by atoms with E-state index in [1.54, 1.807) is 30.5 Å². The molecule has 3 heterocycles. The molecule has 1 saturated heterocycles. The number of carbonyl (C=O) groups excluding carboxylic acids is 2. The molecule has 0 atom stereocenters. The summed E-state index contributed by atoms with van der Waals surface area (Å²) in [5, 5.41) is 0. The fourth-order valence-corrected chi connectivity index (χ4v) is 5.34. The van der Waals surface area contributed by atoms with Crippen LogP contribution in [0.5, 0.6) is 0 Å². The number of nitrogens with two attached hydrogens (primary N) is 1. The fraction of sp³-hybridized carbons (Fsp3) is 0.219. The minimum absolute atomic E-state index is 0.205. The summed E-state index contributed by atoms with van der Waals surface area (Å²) >= 11 is 0. The smallest absolute Gasteiger partial charge is 0.261 e. The van der Waals surface area contributed by atoms with Crippen LogP contribution in [-0.4, -0.2) is 58.6 Å². The fourth-order valence-electron chi connectivity index (χ4n) is 5.34. The van der Waals surface area contributed by atoms with E-state index in [2.05, 4.69) is 33.1 Å². The van der Waals surface area contributed by atoms with Crippen molar-refractivity contribution < 1.29 is 9.59 Å². The van der Waals surface area contributed by atoms with Crippen LogP contribution in [0.25, 0.3) is 16.6 Å². The third-order valence-electron chi connectivity index (χ3n) is 7.59. The highest BCUT2D eigenvalue weighted by molar-refractivity contribution is 6.21. The van der Waals surface area contributed by atoms with Crippen molar-refractivity contribution in [2.24, 2.45) is 10.7 Å². The molecule has 0 saturated carbocycles. The Morgan fingerprint density at radius 2 is 1.62 bits per heavy atom. The molecule has 2 aliphatic rings. The number of aromatic nitrogens is 2. The van der Waals surface area contributed by atoms with Crippen molar-refractivity contribution in [2.45, 2.75) is 25.3 Å². The van der Waals surface area contributed by atoms with Crippen molar-refractivity contribution in [1.29, 1.82) is 0 Å². The van der Waals surface area contributed by atoms with Crippen LogP contribution < -0.4 is 10.6 Å². The summed E-state index contributed by atoms with van der Waals surface area (Å²) in [6.45, 7) is 2.15. The van der Waals surface area contributed by atoms with Crippen molar-refractivity contribution in [3.63, 3.8) is 0 Å². The van der Waals surface area contributed by atoms with E-state index in [9.17, 15) is 9.59 Å². The van der Waals surface area contributed by atoms with E-state index >= 15 is 0 Å². The van der Waals surface area contributed by atoms with Crippen LogP contribution in [0.15, 0.2) is 90.2 Å². The van der Waals surface area contributed by atoms with Crippen molar-refractivity contribution in [3.8, 4) is 0 Å². The van der Waals surface area contributed by atoms with Crippen LogP contribution in [0.3, 0.4) is 0 Å². The molecule has 1 fully saturated rings. The second-order valence-electron chi connectivity index (χ2n) is 10.1. The van der Waals surface area contributed by atoms with Gasteiger partial charge in [0.25, 0.3) is 11.8 Å². The minimum atomic E-state index is -0.209. The standard InChI is InChI=1S/C32H30N6O2/c33-19-23(30-21-35-28-10-3-4-11-29(28)36-30)20-34-24-13-15-37(16-14-24)25-7-5-6-22(18-25)12-17-38-31(39)26-8-1-2-9-27(26)32(38)40/h1-11,18-21,24H,12-17,33H2. The molecule has 2 aliphatic heterocycles. The lowest BCUT2D eigenvalue weighted by Gasteiger charge is -2.32. The van der Waals surface area contributed by atoms with Crippen LogP contribution in [0.1, 0.15) is 44.8 Å². The molecular formula is C32H30N6O2. The van der Waals surface area contributed by atoms with Gasteiger partial charge in [-0.1, -0.05) is 36.4 Å². The number of anilines is 1. The van der Waals surface area contributed by atoms with Gasteiger partial charge in [0, 0.05) is 43.3 Å². The number of carbonyl (C=O) groups is 2. The molecule has 0 bridgehead atoms. The topological polar surface area (TPSA) is 105 Å². The van der Waals surface area contributed by atoms with Gasteiger partial charge < -0.3 is 10.6 Å². The molecule has 2 N–H and O–H groups in total. The molecule has 2 amide bonds. The zero-order valence-electron chi connectivity index (χ0n) is 22.1. The Kier molecular flexibility index (Phi) is 7.06. The lowest BCUT2D eigenvalue weighted by molar-refractivity contribution is 0.0656. The summed E-state index contributed by atoms with van der Waals surface area (Å²) < 4.78 is 0. The summed E-state index contributed by atoms with van der Waals surface area (Å²) in [6, 6.07) is 23.3. The number of nitrogens with zero attached hydrogens (tertiary/aromatic N) is 5. The van der Waals surface area contributed by atoms with Gasteiger partial charge in [-0.2, -0.15) is 0 Å². The van der Waals surface area contributed by atoms with Gasteiger partial charge >= 0.3 is 0 Å². The first kappa shape index (κ1) is 25.4. The maximum absolute atomic E-state index is 12.7. The van der Waals surface area contributed by atoms with Crippen molar-refractivity contribution >= 4 is 40.3 Å². The van der Waals surface area contributed by atoms with Gasteiger partial charge in [0.1, 0.15) is 0 Å². The predicted molar refractivity (Wildman–Crippen MR) is 157 cm³/mol. The first-order chi connectivity index (χ1) is 19.6. The molecule has 1 aromatic heterocycles. The van der Waals surface area contributed by atoms with Crippen molar-refractivity contribution in [2.75, 3.05) is 24.5 Å². The van der Waals surface area contributed by atoms with Crippen molar-refractivity contribution in [1.82, 2.24) is 14.9 Å². The van der Waals surface area contributed by atoms with E-state index < -0.39 is 0 Å². The number of amides is 2. The molecule has 8 heteroatoms. The molecule has 3 aromatic carbocycles. The summed E-state index contributed by atoms with van der Waals surface area (Å²) in [5.41, 5.74) is 12.3.